The van der Waals surface area contributed by atoms with Crippen LogP contribution in [-0.2, 0) is 4.74 Å². The van der Waals surface area contributed by atoms with Gasteiger partial charge in [0.05, 0.1) is 12.2 Å². The average Bonchev–Trinajstić information content (AvgIpc) is 2.95. The highest BCUT2D eigenvalue weighted by molar-refractivity contribution is 7.16. The van der Waals surface area contributed by atoms with Gasteiger partial charge >= 0.3 is 5.97 Å². The Morgan fingerprint density at radius 1 is 1.33 bits per heavy atom. The quantitative estimate of drug-likeness (QED) is 0.844. The highest BCUT2D eigenvalue weighted by atomic mass is 32.1. The molecule has 8 heteroatoms. The van der Waals surface area contributed by atoms with Crippen molar-refractivity contribution in [3.8, 4) is 0 Å². The number of carbonyl (C=O) groups is 2. The number of aromatic nitrogens is 3. The molecule has 112 valence electrons. The minimum atomic E-state index is -0.467. The van der Waals surface area contributed by atoms with Crippen molar-refractivity contribution in [1.82, 2.24) is 15.2 Å². The summed E-state index contributed by atoms with van der Waals surface area (Å²) in [5, 5.41) is 9.52. The van der Waals surface area contributed by atoms with Crippen molar-refractivity contribution in [3.63, 3.8) is 0 Å². The largest absolute Gasteiger partial charge is 0.462 e. The maximum absolute atomic E-state index is 12.1. The van der Waals surface area contributed by atoms with E-state index in [1.807, 2.05) is 13.8 Å². The molecule has 0 saturated heterocycles. The van der Waals surface area contributed by atoms with Gasteiger partial charge < -0.3 is 10.1 Å². The summed E-state index contributed by atoms with van der Waals surface area (Å²) >= 11 is 1.33. The Bertz CT molecular complexity index is 690. The normalized spacial score (nSPS) is 10.5. The zero-order valence-electron chi connectivity index (χ0n) is 12.2. The van der Waals surface area contributed by atoms with Gasteiger partial charge in [0.2, 0.25) is 5.82 Å². The van der Waals surface area contributed by atoms with Gasteiger partial charge in [-0.05, 0) is 33.3 Å². The lowest BCUT2D eigenvalue weighted by molar-refractivity contribution is 0.0527. The third kappa shape index (κ3) is 3.10. The van der Waals surface area contributed by atoms with Gasteiger partial charge in [-0.25, -0.2) is 9.78 Å². The Kier molecular flexibility index (Phi) is 4.37. The monoisotopic (exact) mass is 308 g/mol. The van der Waals surface area contributed by atoms with Crippen LogP contribution in [0.3, 0.4) is 0 Å². The first-order chi connectivity index (χ1) is 9.93. The molecule has 1 amide bonds. The van der Waals surface area contributed by atoms with E-state index in [-0.39, 0.29) is 12.4 Å². The van der Waals surface area contributed by atoms with E-state index in [0.29, 0.717) is 16.4 Å². The third-order valence-electron chi connectivity index (χ3n) is 2.89. The van der Waals surface area contributed by atoms with Gasteiger partial charge in [0.1, 0.15) is 10.8 Å². The average molecular weight is 308 g/mol. The highest BCUT2D eigenvalue weighted by Gasteiger charge is 2.23. The highest BCUT2D eigenvalue weighted by Crippen LogP contribution is 2.33. The van der Waals surface area contributed by atoms with Crippen LogP contribution in [0.4, 0.5) is 5.00 Å². The third-order valence-corrected chi connectivity index (χ3v) is 4.01. The molecule has 7 nitrogen and oxygen atoms in total. The van der Waals surface area contributed by atoms with Crippen molar-refractivity contribution >= 4 is 28.2 Å². The second kappa shape index (κ2) is 6.04. The van der Waals surface area contributed by atoms with Crippen molar-refractivity contribution < 1.29 is 14.3 Å². The van der Waals surface area contributed by atoms with E-state index in [2.05, 4.69) is 20.5 Å². The molecule has 2 aromatic rings. The Morgan fingerprint density at radius 3 is 2.62 bits per heavy atom. The SMILES string of the molecule is CCOC(=O)c1c(NC(=O)c2n[nH]c(C)n2)sc(C)c1C. The molecular weight excluding hydrogens is 292 g/mol. The lowest BCUT2D eigenvalue weighted by atomic mass is 10.1. The van der Waals surface area contributed by atoms with E-state index < -0.39 is 11.9 Å². The van der Waals surface area contributed by atoms with Gasteiger partial charge in [0.25, 0.3) is 5.91 Å². The lowest BCUT2D eigenvalue weighted by Gasteiger charge is -2.05. The van der Waals surface area contributed by atoms with Gasteiger partial charge in [-0.15, -0.1) is 16.4 Å². The van der Waals surface area contributed by atoms with Gasteiger partial charge in [0, 0.05) is 4.88 Å². The number of aromatic amines is 1. The number of ether oxygens (including phenoxy) is 1. The van der Waals surface area contributed by atoms with E-state index >= 15 is 0 Å². The second-order valence-corrected chi connectivity index (χ2v) is 5.63. The number of nitrogens with one attached hydrogen (secondary N) is 2. The van der Waals surface area contributed by atoms with Crippen molar-refractivity contribution in [2.75, 3.05) is 11.9 Å². The first-order valence-corrected chi connectivity index (χ1v) is 7.23. The number of amides is 1. The molecular formula is C13H16N4O3S. The number of aryl methyl sites for hydroxylation is 2. The number of esters is 1. The molecule has 0 aliphatic rings. The molecule has 0 saturated carbocycles. The van der Waals surface area contributed by atoms with Crippen molar-refractivity contribution in [1.29, 1.82) is 0 Å². The van der Waals surface area contributed by atoms with Crippen LogP contribution in [0.1, 0.15) is 44.2 Å². The molecule has 0 fully saturated rings. The molecule has 0 aliphatic heterocycles. The summed E-state index contributed by atoms with van der Waals surface area (Å²) in [7, 11) is 0. The number of thiophene rings is 1. The molecule has 2 heterocycles. The molecule has 2 aromatic heterocycles. The summed E-state index contributed by atoms with van der Waals surface area (Å²) in [5.41, 5.74) is 1.19. The zero-order valence-corrected chi connectivity index (χ0v) is 13.1. The molecule has 0 atom stereocenters. The minimum absolute atomic E-state index is 0.0333. The van der Waals surface area contributed by atoms with Gasteiger partial charge in [-0.3, -0.25) is 9.89 Å². The Morgan fingerprint density at radius 2 is 2.05 bits per heavy atom. The maximum atomic E-state index is 12.1. The molecule has 0 aromatic carbocycles. The van der Waals surface area contributed by atoms with E-state index in [1.54, 1.807) is 13.8 Å². The fourth-order valence-corrected chi connectivity index (χ4v) is 2.81. The van der Waals surface area contributed by atoms with E-state index in [0.717, 1.165) is 10.4 Å². The van der Waals surface area contributed by atoms with E-state index in [1.165, 1.54) is 11.3 Å². The van der Waals surface area contributed by atoms with Crippen molar-refractivity contribution in [2.24, 2.45) is 0 Å². The molecule has 0 unspecified atom stereocenters. The Balaban J connectivity index is 2.29. The topological polar surface area (TPSA) is 97.0 Å². The van der Waals surface area contributed by atoms with Crippen LogP contribution in [0.5, 0.6) is 0 Å². The minimum Gasteiger partial charge on any atom is -0.462 e. The number of hydrogen-bond donors (Lipinski definition) is 2. The summed E-state index contributed by atoms with van der Waals surface area (Å²) in [6, 6.07) is 0. The van der Waals surface area contributed by atoms with E-state index in [4.69, 9.17) is 4.74 Å². The molecule has 0 aliphatic carbocycles. The predicted molar refractivity (Wildman–Crippen MR) is 78.8 cm³/mol. The van der Waals surface area contributed by atoms with Crippen molar-refractivity contribution in [2.45, 2.75) is 27.7 Å². The number of H-pyrrole nitrogens is 1. The zero-order chi connectivity index (χ0) is 15.6. The summed E-state index contributed by atoms with van der Waals surface area (Å²) < 4.78 is 5.03. The summed E-state index contributed by atoms with van der Waals surface area (Å²) in [5.74, 6) is -0.331. The maximum Gasteiger partial charge on any atom is 0.341 e. The molecule has 0 spiro atoms. The molecule has 0 radical (unpaired) electrons. The van der Waals surface area contributed by atoms with Crippen LogP contribution in [0.25, 0.3) is 0 Å². The van der Waals surface area contributed by atoms with Gasteiger partial charge in [0.15, 0.2) is 0 Å². The first-order valence-electron chi connectivity index (χ1n) is 6.41. The van der Waals surface area contributed by atoms with Crippen LogP contribution in [0.15, 0.2) is 0 Å². The smallest absolute Gasteiger partial charge is 0.341 e. The number of rotatable bonds is 4. The summed E-state index contributed by atoms with van der Waals surface area (Å²) in [6.07, 6.45) is 0. The molecule has 2 rings (SSSR count). The van der Waals surface area contributed by atoms with E-state index in [9.17, 15) is 9.59 Å². The van der Waals surface area contributed by atoms with Crippen molar-refractivity contribution in [3.05, 3.63) is 27.7 Å². The second-order valence-electron chi connectivity index (χ2n) is 4.41. The van der Waals surface area contributed by atoms with Crippen LogP contribution in [-0.4, -0.2) is 33.7 Å². The van der Waals surface area contributed by atoms with Gasteiger partial charge in [-0.2, -0.15) is 0 Å². The van der Waals surface area contributed by atoms with Crippen LogP contribution in [0.2, 0.25) is 0 Å². The number of anilines is 1. The van der Waals surface area contributed by atoms with Crippen LogP contribution in [0, 0.1) is 20.8 Å². The van der Waals surface area contributed by atoms with Gasteiger partial charge in [-0.1, -0.05) is 0 Å². The number of carbonyl (C=O) groups excluding carboxylic acids is 2. The number of hydrogen-bond acceptors (Lipinski definition) is 6. The molecule has 21 heavy (non-hydrogen) atoms. The lowest BCUT2D eigenvalue weighted by Crippen LogP contribution is -2.16. The fourth-order valence-electron chi connectivity index (χ4n) is 1.77. The first kappa shape index (κ1) is 15.2. The molecule has 0 bridgehead atoms. The van der Waals surface area contributed by atoms with Crippen LogP contribution < -0.4 is 5.32 Å². The summed E-state index contributed by atoms with van der Waals surface area (Å²) in [6.45, 7) is 7.43. The Hall–Kier alpha value is -2.22. The van der Waals surface area contributed by atoms with Crippen LogP contribution >= 0.6 is 11.3 Å². The summed E-state index contributed by atoms with van der Waals surface area (Å²) in [4.78, 5) is 29.0. The standard InChI is InChI=1S/C13H16N4O3S/c1-5-20-13(19)9-6(2)7(3)21-12(9)15-11(18)10-14-8(4)16-17-10/h5H2,1-4H3,(H,15,18)(H,14,16,17). The number of nitrogens with zero attached hydrogens (tertiary/aromatic N) is 2. The Labute approximate surface area is 125 Å². The predicted octanol–water partition coefficient (Wildman–Crippen LogP) is 2.22. The molecule has 2 N–H and O–H groups in total. The fraction of sp³-hybridized carbons (Fsp3) is 0.385.